The van der Waals surface area contributed by atoms with E-state index in [1.54, 1.807) is 14.2 Å². The summed E-state index contributed by atoms with van der Waals surface area (Å²) in [5, 5.41) is 0. The first-order valence-corrected chi connectivity index (χ1v) is 6.96. The van der Waals surface area contributed by atoms with Crippen LogP contribution in [0.2, 0.25) is 0 Å². The number of rotatable bonds is 8. The van der Waals surface area contributed by atoms with Gasteiger partial charge in [-0.3, -0.25) is 0 Å². The van der Waals surface area contributed by atoms with Crippen molar-refractivity contribution in [3.8, 4) is 5.75 Å². The Morgan fingerprint density at radius 2 is 1.85 bits per heavy atom. The van der Waals surface area contributed by atoms with Crippen LogP contribution in [-0.4, -0.2) is 32.5 Å². The van der Waals surface area contributed by atoms with Crippen LogP contribution >= 0.6 is 0 Å². The molecule has 0 radical (unpaired) electrons. The highest BCUT2D eigenvalue weighted by atomic mass is 16.5. The minimum absolute atomic E-state index is 0.114. The van der Waals surface area contributed by atoms with Gasteiger partial charge in [-0.25, -0.2) is 0 Å². The number of hydrogen-bond acceptors (Lipinski definition) is 4. The van der Waals surface area contributed by atoms with Crippen LogP contribution in [0.5, 0.6) is 5.75 Å². The number of ether oxygens (including phenoxy) is 3. The molecule has 1 aromatic carbocycles. The van der Waals surface area contributed by atoms with Crippen molar-refractivity contribution in [3.05, 3.63) is 29.8 Å². The molecule has 0 saturated carbocycles. The molecule has 0 amide bonds. The molecule has 0 spiro atoms. The fraction of sp³-hybridized carbons (Fsp3) is 0.625. The number of benzene rings is 1. The fourth-order valence-electron chi connectivity index (χ4n) is 1.96. The van der Waals surface area contributed by atoms with E-state index >= 15 is 0 Å². The first-order valence-electron chi connectivity index (χ1n) is 6.96. The summed E-state index contributed by atoms with van der Waals surface area (Å²) in [4.78, 5) is 0. The Kier molecular flexibility index (Phi) is 6.46. The molecule has 0 heterocycles. The van der Waals surface area contributed by atoms with Gasteiger partial charge in [0.25, 0.3) is 0 Å². The van der Waals surface area contributed by atoms with Crippen molar-refractivity contribution >= 4 is 0 Å². The first-order chi connectivity index (χ1) is 9.41. The molecule has 0 saturated heterocycles. The van der Waals surface area contributed by atoms with Crippen molar-refractivity contribution in [2.75, 3.05) is 20.8 Å². The highest BCUT2D eigenvalue weighted by Crippen LogP contribution is 2.29. The van der Waals surface area contributed by atoms with Crippen LogP contribution in [-0.2, 0) is 9.47 Å². The molecule has 0 aliphatic carbocycles. The summed E-state index contributed by atoms with van der Waals surface area (Å²) in [7, 11) is 3.37. The van der Waals surface area contributed by atoms with Crippen molar-refractivity contribution in [2.45, 2.75) is 44.9 Å². The van der Waals surface area contributed by atoms with E-state index in [0.29, 0.717) is 6.61 Å². The zero-order valence-electron chi connectivity index (χ0n) is 13.2. The molecular weight excluding hydrogens is 254 g/mol. The molecule has 0 aliphatic rings. The van der Waals surface area contributed by atoms with Gasteiger partial charge in [0.1, 0.15) is 11.9 Å². The van der Waals surface area contributed by atoms with E-state index in [1.165, 1.54) is 0 Å². The maximum absolute atomic E-state index is 6.06. The Bertz CT molecular complexity index is 404. The van der Waals surface area contributed by atoms with Crippen LogP contribution in [0.15, 0.2) is 24.3 Å². The standard InChI is InChI=1S/C16H27NO3/c1-12(17)15(20-11-10-16(2,3)19-5)13-8-6-7-9-14(13)18-4/h6-9,12,15H,10-11,17H2,1-5H3. The Labute approximate surface area is 122 Å². The van der Waals surface area contributed by atoms with E-state index in [-0.39, 0.29) is 17.7 Å². The third-order valence-corrected chi connectivity index (χ3v) is 3.48. The van der Waals surface area contributed by atoms with Gasteiger partial charge in [0.15, 0.2) is 0 Å². The van der Waals surface area contributed by atoms with E-state index in [9.17, 15) is 0 Å². The Morgan fingerprint density at radius 3 is 2.40 bits per heavy atom. The number of hydrogen-bond donors (Lipinski definition) is 1. The van der Waals surface area contributed by atoms with Gasteiger partial charge < -0.3 is 19.9 Å². The molecule has 4 nitrogen and oxygen atoms in total. The summed E-state index contributed by atoms with van der Waals surface area (Å²) >= 11 is 0. The highest BCUT2D eigenvalue weighted by molar-refractivity contribution is 5.35. The van der Waals surface area contributed by atoms with E-state index in [4.69, 9.17) is 19.9 Å². The summed E-state index contributed by atoms with van der Waals surface area (Å²) in [5.74, 6) is 0.806. The average molecular weight is 281 g/mol. The quantitative estimate of drug-likeness (QED) is 0.796. The van der Waals surface area contributed by atoms with Gasteiger partial charge in [-0.2, -0.15) is 0 Å². The van der Waals surface area contributed by atoms with Crippen molar-refractivity contribution in [1.29, 1.82) is 0 Å². The molecule has 2 N–H and O–H groups in total. The lowest BCUT2D eigenvalue weighted by molar-refractivity contribution is -0.0321. The second-order valence-electron chi connectivity index (χ2n) is 5.61. The summed E-state index contributed by atoms with van der Waals surface area (Å²) in [6, 6.07) is 7.71. The van der Waals surface area contributed by atoms with Crippen LogP contribution in [0.3, 0.4) is 0 Å². The smallest absolute Gasteiger partial charge is 0.124 e. The molecule has 0 aliphatic heterocycles. The Balaban J connectivity index is 2.75. The second-order valence-corrected chi connectivity index (χ2v) is 5.61. The monoisotopic (exact) mass is 281 g/mol. The number of nitrogens with two attached hydrogens (primary N) is 1. The van der Waals surface area contributed by atoms with Gasteiger partial charge in [0, 0.05) is 18.7 Å². The van der Waals surface area contributed by atoms with Gasteiger partial charge in [-0.05, 0) is 33.3 Å². The maximum atomic E-state index is 6.06. The van der Waals surface area contributed by atoms with Crippen LogP contribution in [0.1, 0.15) is 38.9 Å². The molecule has 0 bridgehead atoms. The van der Waals surface area contributed by atoms with Crippen molar-refractivity contribution in [3.63, 3.8) is 0 Å². The lowest BCUT2D eigenvalue weighted by Crippen LogP contribution is -2.30. The van der Waals surface area contributed by atoms with Crippen LogP contribution in [0.4, 0.5) is 0 Å². The van der Waals surface area contributed by atoms with E-state index in [1.807, 2.05) is 45.0 Å². The van der Waals surface area contributed by atoms with Crippen molar-refractivity contribution in [2.24, 2.45) is 5.73 Å². The summed E-state index contributed by atoms with van der Waals surface area (Å²) < 4.78 is 16.8. The SMILES string of the molecule is COc1ccccc1C(OCCC(C)(C)OC)C(C)N. The number of methoxy groups -OCH3 is 2. The van der Waals surface area contributed by atoms with Crippen LogP contribution in [0.25, 0.3) is 0 Å². The normalized spacial score (nSPS) is 14.9. The molecule has 1 aromatic rings. The molecule has 0 aromatic heterocycles. The summed E-state index contributed by atoms with van der Waals surface area (Å²) in [6.45, 7) is 6.62. The zero-order valence-corrected chi connectivity index (χ0v) is 13.2. The lowest BCUT2D eigenvalue weighted by atomic mass is 10.0. The minimum atomic E-state index is -0.191. The van der Waals surface area contributed by atoms with Gasteiger partial charge in [-0.1, -0.05) is 18.2 Å². The summed E-state index contributed by atoms with van der Waals surface area (Å²) in [6.07, 6.45) is 0.626. The highest BCUT2D eigenvalue weighted by Gasteiger charge is 2.22. The second kappa shape index (κ2) is 7.62. The average Bonchev–Trinajstić information content (AvgIpc) is 2.43. The predicted molar refractivity (Wildman–Crippen MR) is 81.0 cm³/mol. The topological polar surface area (TPSA) is 53.7 Å². The van der Waals surface area contributed by atoms with Crippen molar-refractivity contribution < 1.29 is 14.2 Å². The molecule has 1 rings (SSSR count). The van der Waals surface area contributed by atoms with Gasteiger partial charge >= 0.3 is 0 Å². The molecule has 2 atom stereocenters. The van der Waals surface area contributed by atoms with E-state index in [0.717, 1.165) is 17.7 Å². The zero-order chi connectivity index (χ0) is 15.2. The fourth-order valence-corrected chi connectivity index (χ4v) is 1.96. The predicted octanol–water partition coefficient (Wildman–Crippen LogP) is 2.92. The molecule has 0 fully saturated rings. The molecule has 2 unspecified atom stereocenters. The van der Waals surface area contributed by atoms with Gasteiger partial charge in [-0.15, -0.1) is 0 Å². The Hall–Kier alpha value is -1.10. The summed E-state index contributed by atoms with van der Waals surface area (Å²) in [5.41, 5.74) is 6.86. The van der Waals surface area contributed by atoms with Gasteiger partial charge in [0.2, 0.25) is 0 Å². The maximum Gasteiger partial charge on any atom is 0.124 e. The molecule has 20 heavy (non-hydrogen) atoms. The van der Waals surface area contributed by atoms with E-state index < -0.39 is 0 Å². The largest absolute Gasteiger partial charge is 0.496 e. The molecule has 4 heteroatoms. The number of para-hydroxylation sites is 1. The van der Waals surface area contributed by atoms with Crippen LogP contribution in [0, 0.1) is 0 Å². The third-order valence-electron chi connectivity index (χ3n) is 3.48. The van der Waals surface area contributed by atoms with Crippen LogP contribution < -0.4 is 10.5 Å². The first kappa shape index (κ1) is 17.0. The van der Waals surface area contributed by atoms with Gasteiger partial charge in [0.05, 0.1) is 19.3 Å². The van der Waals surface area contributed by atoms with E-state index in [2.05, 4.69) is 0 Å². The lowest BCUT2D eigenvalue weighted by Gasteiger charge is -2.27. The minimum Gasteiger partial charge on any atom is -0.496 e. The van der Waals surface area contributed by atoms with Crippen molar-refractivity contribution in [1.82, 2.24) is 0 Å². The Morgan fingerprint density at radius 1 is 1.20 bits per heavy atom. The third kappa shape index (κ3) is 4.78. The molecular formula is C16H27NO3. The molecule has 114 valence electrons.